The summed E-state index contributed by atoms with van der Waals surface area (Å²) in [7, 11) is 2.51. The Balaban J connectivity index is 1.03. The quantitative estimate of drug-likeness (QED) is 0.0904. The molecular weight excluding hydrogens is 763 g/mol. The summed E-state index contributed by atoms with van der Waals surface area (Å²) in [6.07, 6.45) is 5.50. The number of imidazole rings is 2. The van der Waals surface area contributed by atoms with Crippen LogP contribution in [0.4, 0.5) is 9.59 Å². The van der Waals surface area contributed by atoms with Gasteiger partial charge in [0, 0.05) is 18.2 Å². The Bertz CT molecular complexity index is 2400. The number of ether oxygens (including phenoxy) is 2. The normalized spacial score (nSPS) is 17.9. The first-order valence-corrected chi connectivity index (χ1v) is 20.4. The number of aromatic nitrogens is 4. The molecule has 0 spiro atoms. The van der Waals surface area contributed by atoms with E-state index in [-0.39, 0.29) is 48.7 Å². The van der Waals surface area contributed by atoms with E-state index < -0.39 is 24.3 Å². The zero-order chi connectivity index (χ0) is 42.5. The second kappa shape index (κ2) is 18.1. The molecule has 2 aromatic heterocycles. The molecule has 3 aromatic carbocycles. The van der Waals surface area contributed by atoms with Crippen LogP contribution in [0.1, 0.15) is 70.6 Å². The first kappa shape index (κ1) is 41.5. The molecule has 15 nitrogen and oxygen atoms in total. The molecule has 4 N–H and O–H groups in total. The number of likely N-dealkylation sites (tertiary alicyclic amines) is 1. The Morgan fingerprint density at radius 3 is 2.18 bits per heavy atom. The van der Waals surface area contributed by atoms with Crippen LogP contribution < -0.4 is 10.6 Å². The first-order valence-electron chi connectivity index (χ1n) is 20.4. The van der Waals surface area contributed by atoms with Crippen molar-refractivity contribution in [3.63, 3.8) is 0 Å². The lowest BCUT2D eigenvalue weighted by atomic mass is 9.97. The number of benzene rings is 3. The van der Waals surface area contributed by atoms with Crippen molar-refractivity contribution in [2.75, 3.05) is 20.8 Å². The summed E-state index contributed by atoms with van der Waals surface area (Å²) in [4.78, 5) is 70.9. The van der Waals surface area contributed by atoms with Crippen molar-refractivity contribution in [1.82, 2.24) is 40.4 Å². The Kier molecular flexibility index (Phi) is 12.5. The molecule has 4 amide bonds. The minimum atomic E-state index is -0.998. The van der Waals surface area contributed by atoms with Crippen molar-refractivity contribution in [2.24, 2.45) is 11.8 Å². The molecule has 5 atom stereocenters. The first-order chi connectivity index (χ1) is 29.0. The van der Waals surface area contributed by atoms with Crippen molar-refractivity contribution in [3.05, 3.63) is 84.7 Å². The van der Waals surface area contributed by atoms with E-state index in [1.807, 2.05) is 43.9 Å². The largest absolute Gasteiger partial charge is 0.453 e. The van der Waals surface area contributed by atoms with Crippen LogP contribution in [0, 0.1) is 23.2 Å². The van der Waals surface area contributed by atoms with Crippen LogP contribution >= 0.6 is 0 Å². The number of nitrogens with zero attached hydrogens (tertiary/aromatic N) is 5. The minimum absolute atomic E-state index is 0.0271. The predicted molar refractivity (Wildman–Crippen MR) is 225 cm³/mol. The molecule has 2 fully saturated rings. The highest BCUT2D eigenvalue weighted by atomic mass is 16.5. The summed E-state index contributed by atoms with van der Waals surface area (Å²) in [6.45, 7) is 6.57. The summed E-state index contributed by atoms with van der Waals surface area (Å²) < 4.78 is 9.46. The standard InChI is InChI=1S/C45H51N9O6/c1-6-19-53(43(56)39(26(2)3)52-45(58)60-5)25-38-47-23-36(49-38)28-9-7-27(8-10-28)29-11-12-31-21-32(14-13-30(31)20-29)37-24-48-41(50-37)40-33-15-16-34(22-33)54(40)42(55)35(17-18-46)51-44(57)59-4/h7-14,20-21,23-24,26,33-35,39-40H,6,15-17,19,22,25H2,1-5H3,(H,47,49)(H,48,50)(H,51,57)(H,52,58)/t33-,34+,35-,39-,40-/m0/s1. The topological polar surface area (TPSA) is 198 Å². The van der Waals surface area contributed by atoms with Gasteiger partial charge in [0.1, 0.15) is 23.7 Å². The van der Waals surface area contributed by atoms with Crippen LogP contribution in [-0.4, -0.2) is 92.6 Å². The number of carbonyl (C=O) groups excluding carboxylic acids is 4. The molecule has 2 aliphatic rings. The van der Waals surface area contributed by atoms with Crippen LogP contribution in [0.2, 0.25) is 0 Å². The second-order valence-electron chi connectivity index (χ2n) is 15.9. The molecular formula is C45H51N9O6. The third-order valence-corrected chi connectivity index (χ3v) is 11.6. The fourth-order valence-corrected chi connectivity index (χ4v) is 8.60. The number of alkyl carbamates (subject to hydrolysis) is 2. The van der Waals surface area contributed by atoms with Crippen molar-refractivity contribution in [2.45, 2.75) is 83.6 Å². The van der Waals surface area contributed by atoms with Crippen LogP contribution in [0.25, 0.3) is 44.4 Å². The molecule has 1 aliphatic carbocycles. The number of hydrogen-bond donors (Lipinski definition) is 4. The lowest BCUT2D eigenvalue weighted by molar-refractivity contribution is -0.138. The van der Waals surface area contributed by atoms with Gasteiger partial charge in [-0.25, -0.2) is 19.6 Å². The highest BCUT2D eigenvalue weighted by molar-refractivity contribution is 5.91. The van der Waals surface area contributed by atoms with Crippen molar-refractivity contribution in [1.29, 1.82) is 5.26 Å². The number of aromatic amines is 2. The average Bonchev–Trinajstić information content (AvgIpc) is 4.10. The monoisotopic (exact) mass is 813 g/mol. The Hall–Kier alpha value is -6.69. The molecule has 312 valence electrons. The van der Waals surface area contributed by atoms with E-state index in [0.29, 0.717) is 18.2 Å². The highest BCUT2D eigenvalue weighted by Gasteiger charge is 2.51. The Morgan fingerprint density at radius 2 is 1.50 bits per heavy atom. The number of hydrogen-bond acceptors (Lipinski definition) is 9. The number of methoxy groups -OCH3 is 2. The van der Waals surface area contributed by atoms with E-state index in [1.165, 1.54) is 14.2 Å². The number of nitriles is 1. The fraction of sp³-hybridized carbons (Fsp3) is 0.400. The molecule has 7 rings (SSSR count). The predicted octanol–water partition coefficient (Wildman–Crippen LogP) is 7.10. The molecule has 1 saturated heterocycles. The fourth-order valence-electron chi connectivity index (χ4n) is 8.60. The van der Waals surface area contributed by atoms with Gasteiger partial charge in [0.05, 0.1) is 63.1 Å². The zero-order valence-electron chi connectivity index (χ0n) is 34.5. The maximum atomic E-state index is 13.8. The zero-order valence-corrected chi connectivity index (χ0v) is 34.5. The number of rotatable bonds is 14. The molecule has 3 heterocycles. The van der Waals surface area contributed by atoms with Gasteiger partial charge < -0.3 is 39.9 Å². The smallest absolute Gasteiger partial charge is 0.407 e. The average molecular weight is 814 g/mol. The summed E-state index contributed by atoms with van der Waals surface area (Å²) in [5.74, 6) is 0.975. The molecule has 5 aromatic rings. The summed E-state index contributed by atoms with van der Waals surface area (Å²) in [5, 5.41) is 16.7. The third kappa shape index (κ3) is 8.68. The Labute approximate surface area is 348 Å². The van der Waals surface area contributed by atoms with Crippen LogP contribution in [-0.2, 0) is 25.6 Å². The molecule has 0 radical (unpaired) electrons. The minimum Gasteiger partial charge on any atom is -0.453 e. The summed E-state index contributed by atoms with van der Waals surface area (Å²) in [6, 6.07) is 20.9. The molecule has 0 unspecified atom stereocenters. The molecule has 1 aliphatic heterocycles. The molecule has 15 heteroatoms. The third-order valence-electron chi connectivity index (χ3n) is 11.6. The second-order valence-corrected chi connectivity index (χ2v) is 15.9. The van der Waals surface area contributed by atoms with Crippen LogP contribution in [0.3, 0.4) is 0 Å². The van der Waals surface area contributed by atoms with Crippen LogP contribution in [0.5, 0.6) is 0 Å². The van der Waals surface area contributed by atoms with E-state index in [4.69, 9.17) is 14.5 Å². The van der Waals surface area contributed by atoms with Gasteiger partial charge in [0.25, 0.3) is 0 Å². The highest BCUT2D eigenvalue weighted by Crippen LogP contribution is 2.50. The maximum absolute atomic E-state index is 13.8. The van der Waals surface area contributed by atoms with Gasteiger partial charge in [-0.3, -0.25) is 9.59 Å². The van der Waals surface area contributed by atoms with Crippen molar-refractivity contribution >= 4 is 34.8 Å². The lowest BCUT2D eigenvalue weighted by Gasteiger charge is -2.36. The SMILES string of the molecule is CCCN(Cc1ncc(-c2ccc(-c3ccc4cc(-c5cnc([C@@H]6[C@H]7CC[C@H](C7)N6C(=O)[C@H](CC#N)NC(=O)OC)[nH]5)ccc4c3)cc2)[nH]1)C(=O)[C@@H](NC(=O)OC)C(C)C. The molecule has 60 heavy (non-hydrogen) atoms. The summed E-state index contributed by atoms with van der Waals surface area (Å²) in [5.41, 5.74) is 5.73. The van der Waals surface area contributed by atoms with Crippen LogP contribution in [0.15, 0.2) is 73.1 Å². The van der Waals surface area contributed by atoms with Gasteiger partial charge in [0.15, 0.2) is 0 Å². The number of piperidine rings is 1. The van der Waals surface area contributed by atoms with Gasteiger partial charge in [-0.2, -0.15) is 5.26 Å². The number of H-pyrrole nitrogens is 2. The van der Waals surface area contributed by atoms with Gasteiger partial charge >= 0.3 is 12.2 Å². The number of nitrogens with one attached hydrogen (secondary N) is 4. The number of amides is 4. The van der Waals surface area contributed by atoms with Crippen molar-refractivity contribution in [3.8, 4) is 39.7 Å². The van der Waals surface area contributed by atoms with E-state index in [9.17, 15) is 24.4 Å². The van der Waals surface area contributed by atoms with E-state index in [2.05, 4.69) is 74.1 Å². The van der Waals surface area contributed by atoms with Crippen molar-refractivity contribution < 1.29 is 28.7 Å². The van der Waals surface area contributed by atoms with Gasteiger partial charge in [-0.15, -0.1) is 0 Å². The maximum Gasteiger partial charge on any atom is 0.407 e. The molecule has 2 bridgehead atoms. The number of carbonyl (C=O) groups is 4. The van der Waals surface area contributed by atoms with Gasteiger partial charge in [-0.05, 0) is 77.1 Å². The lowest BCUT2D eigenvalue weighted by Crippen LogP contribution is -2.51. The van der Waals surface area contributed by atoms with E-state index in [0.717, 1.165) is 70.1 Å². The molecule has 1 saturated carbocycles. The van der Waals surface area contributed by atoms with Gasteiger partial charge in [-0.1, -0.05) is 69.3 Å². The summed E-state index contributed by atoms with van der Waals surface area (Å²) >= 11 is 0. The van der Waals surface area contributed by atoms with E-state index in [1.54, 1.807) is 17.3 Å². The van der Waals surface area contributed by atoms with E-state index >= 15 is 0 Å². The Morgan fingerprint density at radius 1 is 0.867 bits per heavy atom. The van der Waals surface area contributed by atoms with Gasteiger partial charge in [0.2, 0.25) is 11.8 Å². The number of fused-ring (bicyclic) bond motifs is 3.